The Morgan fingerprint density at radius 1 is 1.14 bits per heavy atom. The Balaban J connectivity index is 1.83. The normalized spacial score (nSPS) is 37.7. The molecule has 0 aromatic rings. The molecule has 0 bridgehead atoms. The number of carbonyl (C=O) groups is 1. The Kier molecular flexibility index (Phi) is 7.55. The fourth-order valence-electron chi connectivity index (χ4n) is 3.59. The fourth-order valence-corrected chi connectivity index (χ4v) is 4.40. The fraction of sp³-hybridized carbons (Fsp3) is 0.933. The van der Waals surface area contributed by atoms with Crippen LogP contribution in [0.4, 0.5) is 0 Å². The van der Waals surface area contributed by atoms with E-state index in [0.29, 0.717) is 0 Å². The van der Waals surface area contributed by atoms with Crippen LogP contribution in [0.15, 0.2) is 0 Å². The van der Waals surface area contributed by atoms with Crippen molar-refractivity contribution in [3.63, 3.8) is 0 Å². The molecule has 22 heavy (non-hydrogen) atoms. The minimum atomic E-state index is -0.827. The highest BCUT2D eigenvalue weighted by molar-refractivity contribution is 6.30. The van der Waals surface area contributed by atoms with Crippen molar-refractivity contribution in [2.45, 2.75) is 80.4 Å². The number of hydrogen-bond donors (Lipinski definition) is 2. The van der Waals surface area contributed by atoms with E-state index >= 15 is 0 Å². The molecule has 0 amide bonds. The van der Waals surface area contributed by atoms with E-state index in [2.05, 4.69) is 4.84 Å². The first-order valence-electron chi connectivity index (χ1n) is 8.01. The third kappa shape index (κ3) is 5.41. The lowest BCUT2D eigenvalue weighted by Crippen LogP contribution is -2.40. The average Bonchev–Trinajstić information content (AvgIpc) is 2.48. The molecule has 2 fully saturated rings. The molecule has 7 heteroatoms. The van der Waals surface area contributed by atoms with Gasteiger partial charge in [0.25, 0.3) is 0 Å². The lowest BCUT2D eigenvalue weighted by Gasteiger charge is -2.37. The van der Waals surface area contributed by atoms with Crippen LogP contribution in [0.2, 0.25) is 0 Å². The molecule has 2 aliphatic carbocycles. The number of rotatable bonds is 6. The molecule has 0 radical (unpaired) electrons. The highest BCUT2D eigenvalue weighted by Gasteiger charge is 2.34. The van der Waals surface area contributed by atoms with Gasteiger partial charge >= 0.3 is 5.97 Å². The molecule has 2 aliphatic rings. The lowest BCUT2D eigenvalue weighted by molar-refractivity contribution is -0.138. The Hall–Kier alpha value is 0.260. The molecule has 128 valence electrons. The summed E-state index contributed by atoms with van der Waals surface area (Å²) in [7, 11) is 0. The summed E-state index contributed by atoms with van der Waals surface area (Å²) in [6.45, 7) is 0. The minimum Gasteiger partial charge on any atom is -0.481 e. The summed E-state index contributed by atoms with van der Waals surface area (Å²) in [5.74, 6) is -0.588. The quantitative estimate of drug-likeness (QED) is 0.548. The summed E-state index contributed by atoms with van der Waals surface area (Å²) in [6, 6.07) is -0.204. The first-order valence-corrected chi connectivity index (χ1v) is 9.26. The molecule has 6 unspecified atom stereocenters. The van der Waals surface area contributed by atoms with Gasteiger partial charge in [-0.3, -0.25) is 4.79 Å². The summed E-state index contributed by atoms with van der Waals surface area (Å²) >= 11 is 18.1. The van der Waals surface area contributed by atoms with Crippen LogP contribution in [0, 0.1) is 5.92 Å². The zero-order valence-electron chi connectivity index (χ0n) is 12.5. The van der Waals surface area contributed by atoms with Gasteiger partial charge in [0.2, 0.25) is 0 Å². The zero-order valence-corrected chi connectivity index (χ0v) is 14.8. The maximum Gasteiger partial charge on any atom is 0.304 e. The third-order valence-electron chi connectivity index (χ3n) is 4.80. The molecule has 0 aromatic carbocycles. The number of carboxylic acid groups (broad SMARTS) is 1. The van der Waals surface area contributed by atoms with Gasteiger partial charge in [-0.2, -0.15) is 0 Å². The Labute approximate surface area is 146 Å². The molecule has 6 atom stereocenters. The van der Waals surface area contributed by atoms with Gasteiger partial charge in [-0.15, -0.1) is 23.2 Å². The monoisotopic (exact) mass is 371 g/mol. The van der Waals surface area contributed by atoms with Crippen LogP contribution in [0.5, 0.6) is 0 Å². The van der Waals surface area contributed by atoms with Gasteiger partial charge in [0, 0.05) is 6.04 Å². The lowest BCUT2D eigenvalue weighted by atomic mass is 9.81. The van der Waals surface area contributed by atoms with Crippen LogP contribution in [0.25, 0.3) is 0 Å². The number of aliphatic carboxylic acids is 1. The maximum absolute atomic E-state index is 10.9. The molecule has 0 aliphatic heterocycles. The molecule has 2 rings (SSSR count). The number of halogens is 3. The molecule has 2 saturated carbocycles. The van der Waals surface area contributed by atoms with E-state index in [1.165, 1.54) is 0 Å². The second kappa shape index (κ2) is 8.93. The smallest absolute Gasteiger partial charge is 0.304 e. The van der Waals surface area contributed by atoms with Crippen molar-refractivity contribution in [1.82, 2.24) is 4.84 Å². The largest absolute Gasteiger partial charge is 0.481 e. The van der Waals surface area contributed by atoms with E-state index < -0.39 is 5.97 Å². The molecule has 4 nitrogen and oxygen atoms in total. The van der Waals surface area contributed by atoms with Gasteiger partial charge in [-0.05, 0) is 56.2 Å². The van der Waals surface area contributed by atoms with Gasteiger partial charge in [0.05, 0.1) is 29.4 Å². The summed E-state index contributed by atoms with van der Waals surface area (Å²) in [5.41, 5.74) is 0. The van der Waals surface area contributed by atoms with Crippen LogP contribution in [-0.4, -0.2) is 40.1 Å². The highest BCUT2D eigenvalue weighted by Crippen LogP contribution is 2.35. The predicted molar refractivity (Wildman–Crippen MR) is 88.8 cm³/mol. The first-order chi connectivity index (χ1) is 10.5. The summed E-state index contributed by atoms with van der Waals surface area (Å²) < 4.78 is 6.22. The Bertz CT molecular complexity index is 372. The van der Waals surface area contributed by atoms with Crippen LogP contribution < -0.4 is 4.84 Å². The molecular formula is C15H24Cl3NO3. The van der Waals surface area contributed by atoms with E-state index in [1.807, 2.05) is 0 Å². The third-order valence-corrected chi connectivity index (χ3v) is 6.21. The standard InChI is InChI=1S/C15H24Cl3NO3/c16-12-5-4-11(7-13(12)17)22-10-3-1-2-9(6-10)14(19-18)8-15(20)21/h9-14,19H,1-8H2,(H,20,21). The van der Waals surface area contributed by atoms with Gasteiger partial charge in [0.1, 0.15) is 0 Å². The summed E-state index contributed by atoms with van der Waals surface area (Å²) in [5, 5.41) is 8.99. The highest BCUT2D eigenvalue weighted by atomic mass is 35.5. The minimum absolute atomic E-state index is 0.0240. The molecule has 0 saturated heterocycles. The van der Waals surface area contributed by atoms with Crippen molar-refractivity contribution < 1.29 is 14.6 Å². The number of nitrogens with one attached hydrogen (secondary N) is 1. The van der Waals surface area contributed by atoms with E-state index in [0.717, 1.165) is 44.9 Å². The number of carboxylic acids is 1. The van der Waals surface area contributed by atoms with Crippen LogP contribution in [0.3, 0.4) is 0 Å². The predicted octanol–water partition coefficient (Wildman–Crippen LogP) is 3.92. The molecule has 0 heterocycles. The summed E-state index contributed by atoms with van der Waals surface area (Å²) in [4.78, 5) is 13.6. The van der Waals surface area contributed by atoms with Gasteiger partial charge in [-0.25, -0.2) is 4.84 Å². The average molecular weight is 373 g/mol. The van der Waals surface area contributed by atoms with E-state index in [-0.39, 0.29) is 41.3 Å². The van der Waals surface area contributed by atoms with Crippen molar-refractivity contribution in [3.8, 4) is 0 Å². The Morgan fingerprint density at radius 3 is 2.50 bits per heavy atom. The Morgan fingerprint density at radius 2 is 1.86 bits per heavy atom. The van der Waals surface area contributed by atoms with E-state index in [1.54, 1.807) is 0 Å². The van der Waals surface area contributed by atoms with Crippen molar-refractivity contribution in [3.05, 3.63) is 0 Å². The second-order valence-electron chi connectivity index (χ2n) is 6.47. The van der Waals surface area contributed by atoms with Gasteiger partial charge in [0.15, 0.2) is 0 Å². The molecule has 0 aromatic heterocycles. The van der Waals surface area contributed by atoms with Crippen LogP contribution in [-0.2, 0) is 9.53 Å². The molecular weight excluding hydrogens is 349 g/mol. The first kappa shape index (κ1) is 18.6. The topological polar surface area (TPSA) is 58.6 Å². The zero-order chi connectivity index (χ0) is 16.1. The van der Waals surface area contributed by atoms with Crippen molar-refractivity contribution >= 4 is 40.9 Å². The van der Waals surface area contributed by atoms with Gasteiger partial charge < -0.3 is 9.84 Å². The number of alkyl halides is 2. The van der Waals surface area contributed by atoms with Gasteiger partial charge in [-0.1, -0.05) is 6.42 Å². The number of hydrogen-bond acceptors (Lipinski definition) is 3. The van der Waals surface area contributed by atoms with Crippen molar-refractivity contribution in [2.24, 2.45) is 5.92 Å². The van der Waals surface area contributed by atoms with Crippen LogP contribution >= 0.6 is 35.0 Å². The molecule has 0 spiro atoms. The van der Waals surface area contributed by atoms with Crippen molar-refractivity contribution in [2.75, 3.05) is 0 Å². The van der Waals surface area contributed by atoms with Crippen molar-refractivity contribution in [1.29, 1.82) is 0 Å². The number of ether oxygens (including phenoxy) is 1. The second-order valence-corrected chi connectivity index (χ2v) is 7.80. The SMILES string of the molecule is O=C(O)CC(NCl)C1CCCC(OC2CCC(Cl)C(Cl)C2)C1. The van der Waals surface area contributed by atoms with Crippen LogP contribution in [0.1, 0.15) is 51.4 Å². The van der Waals surface area contributed by atoms with E-state index in [4.69, 9.17) is 44.8 Å². The summed E-state index contributed by atoms with van der Waals surface area (Å²) in [6.07, 6.45) is 6.92. The molecule has 2 N–H and O–H groups in total. The maximum atomic E-state index is 10.9. The van der Waals surface area contributed by atoms with E-state index in [9.17, 15) is 4.79 Å².